The van der Waals surface area contributed by atoms with Crippen molar-refractivity contribution < 1.29 is 9.84 Å². The van der Waals surface area contributed by atoms with Crippen molar-refractivity contribution in [2.24, 2.45) is 0 Å². The van der Waals surface area contributed by atoms with Crippen molar-refractivity contribution in [1.29, 1.82) is 0 Å². The maximum Gasteiger partial charge on any atom is 0.135 e. The number of hydrogen-bond donors (Lipinski definition) is 1. The monoisotopic (exact) mass is 172 g/mol. The third-order valence-electron chi connectivity index (χ3n) is 1.57. The van der Waals surface area contributed by atoms with Crippen LogP contribution in [0.4, 0.5) is 0 Å². The summed E-state index contributed by atoms with van der Waals surface area (Å²) in [5, 5.41) is 11.4. The van der Waals surface area contributed by atoms with Gasteiger partial charge < -0.3 is 9.84 Å². The minimum absolute atomic E-state index is 0.370. The maximum atomic E-state index is 9.46. The van der Waals surface area contributed by atoms with Gasteiger partial charge in [0, 0.05) is 0 Å². The van der Waals surface area contributed by atoms with E-state index in [9.17, 15) is 5.11 Å². The van der Waals surface area contributed by atoms with E-state index in [4.69, 9.17) is 4.74 Å². The summed E-state index contributed by atoms with van der Waals surface area (Å²) in [7, 11) is 1.62. The summed E-state index contributed by atoms with van der Waals surface area (Å²) in [6.45, 7) is 1.95. The number of methoxy groups -OCH3 is 1. The molecule has 0 aliphatic rings. The van der Waals surface area contributed by atoms with Gasteiger partial charge >= 0.3 is 0 Å². The van der Waals surface area contributed by atoms with Crippen LogP contribution < -0.4 is 4.74 Å². The Kier molecular flexibility index (Phi) is 2.91. The quantitative estimate of drug-likeness (QED) is 0.757. The highest BCUT2D eigenvalue weighted by atomic mass is 32.1. The summed E-state index contributed by atoms with van der Waals surface area (Å²) in [4.78, 5) is 0.926. The predicted octanol–water partition coefficient (Wildman–Crippen LogP) is 2.20. The van der Waals surface area contributed by atoms with Crippen LogP contribution in [0.15, 0.2) is 11.4 Å². The second-order valence-electron chi connectivity index (χ2n) is 2.28. The van der Waals surface area contributed by atoms with Crippen LogP contribution in [0.25, 0.3) is 0 Å². The lowest BCUT2D eigenvalue weighted by molar-refractivity contribution is 0.173. The summed E-state index contributed by atoms with van der Waals surface area (Å²) >= 11 is 1.53. The molecule has 0 saturated heterocycles. The molecular formula is C8H12O2S. The smallest absolute Gasteiger partial charge is 0.135 e. The van der Waals surface area contributed by atoms with E-state index in [1.54, 1.807) is 7.11 Å². The molecule has 1 aromatic rings. The van der Waals surface area contributed by atoms with Crippen molar-refractivity contribution in [3.05, 3.63) is 16.3 Å². The van der Waals surface area contributed by atoms with Crippen molar-refractivity contribution in [3.8, 4) is 5.75 Å². The first-order chi connectivity index (χ1) is 5.29. The molecule has 0 spiro atoms. The van der Waals surface area contributed by atoms with Crippen LogP contribution >= 0.6 is 11.3 Å². The molecule has 0 amide bonds. The molecule has 0 aliphatic carbocycles. The van der Waals surface area contributed by atoms with E-state index in [2.05, 4.69) is 0 Å². The Balaban J connectivity index is 2.83. The Morgan fingerprint density at radius 1 is 1.73 bits per heavy atom. The van der Waals surface area contributed by atoms with Crippen molar-refractivity contribution in [2.45, 2.75) is 19.4 Å². The SMILES string of the molecule is CC[C@H](O)c1sccc1OC. The Labute approximate surface area is 70.4 Å². The van der Waals surface area contributed by atoms with Gasteiger partial charge in [0.25, 0.3) is 0 Å². The van der Waals surface area contributed by atoms with Crippen molar-refractivity contribution in [1.82, 2.24) is 0 Å². The van der Waals surface area contributed by atoms with Gasteiger partial charge in [0.15, 0.2) is 0 Å². The van der Waals surface area contributed by atoms with Crippen LogP contribution in [0.1, 0.15) is 24.3 Å². The molecule has 1 heterocycles. The van der Waals surface area contributed by atoms with Crippen LogP contribution in [0.3, 0.4) is 0 Å². The molecule has 1 rings (SSSR count). The highest BCUT2D eigenvalue weighted by Crippen LogP contribution is 2.31. The fourth-order valence-corrected chi connectivity index (χ4v) is 1.84. The molecule has 1 N–H and O–H groups in total. The summed E-state index contributed by atoms with van der Waals surface area (Å²) in [6, 6.07) is 1.87. The lowest BCUT2D eigenvalue weighted by Gasteiger charge is -2.06. The number of aliphatic hydroxyl groups excluding tert-OH is 1. The van der Waals surface area contributed by atoms with Gasteiger partial charge in [-0.3, -0.25) is 0 Å². The van der Waals surface area contributed by atoms with Gasteiger partial charge in [0.05, 0.1) is 18.1 Å². The first-order valence-corrected chi connectivity index (χ1v) is 4.47. The fraction of sp³-hybridized carbons (Fsp3) is 0.500. The molecule has 2 nitrogen and oxygen atoms in total. The summed E-state index contributed by atoms with van der Waals surface area (Å²) in [5.41, 5.74) is 0. The lowest BCUT2D eigenvalue weighted by Crippen LogP contribution is -1.94. The number of rotatable bonds is 3. The minimum atomic E-state index is -0.370. The second-order valence-corrected chi connectivity index (χ2v) is 3.22. The molecular weight excluding hydrogens is 160 g/mol. The van der Waals surface area contributed by atoms with Crippen molar-refractivity contribution in [3.63, 3.8) is 0 Å². The molecule has 0 bridgehead atoms. The summed E-state index contributed by atoms with van der Waals surface area (Å²) in [6.07, 6.45) is 0.363. The molecule has 0 fully saturated rings. The minimum Gasteiger partial charge on any atom is -0.495 e. The van der Waals surface area contributed by atoms with Gasteiger partial charge in [-0.2, -0.15) is 0 Å². The highest BCUT2D eigenvalue weighted by Gasteiger charge is 2.11. The highest BCUT2D eigenvalue weighted by molar-refractivity contribution is 7.10. The molecule has 0 unspecified atom stereocenters. The Bertz CT molecular complexity index is 220. The average molecular weight is 172 g/mol. The van der Waals surface area contributed by atoms with E-state index in [1.807, 2.05) is 18.4 Å². The molecule has 3 heteroatoms. The summed E-state index contributed by atoms with van der Waals surface area (Å²) in [5.74, 6) is 0.796. The molecule has 0 aromatic carbocycles. The van der Waals surface area contributed by atoms with Crippen LogP contribution in [0.2, 0.25) is 0 Å². The molecule has 0 aliphatic heterocycles. The maximum absolute atomic E-state index is 9.46. The lowest BCUT2D eigenvalue weighted by atomic mass is 10.2. The topological polar surface area (TPSA) is 29.5 Å². The number of hydrogen-bond acceptors (Lipinski definition) is 3. The number of aliphatic hydroxyl groups is 1. The van der Waals surface area contributed by atoms with Gasteiger partial charge in [-0.15, -0.1) is 11.3 Å². The first-order valence-electron chi connectivity index (χ1n) is 3.59. The van der Waals surface area contributed by atoms with Crippen LogP contribution in [0.5, 0.6) is 5.75 Å². The predicted molar refractivity (Wildman–Crippen MR) is 46.1 cm³/mol. The molecule has 1 atom stereocenters. The zero-order chi connectivity index (χ0) is 8.27. The van der Waals surface area contributed by atoms with Crippen LogP contribution in [-0.4, -0.2) is 12.2 Å². The third kappa shape index (κ3) is 1.73. The number of ether oxygens (including phenoxy) is 1. The normalized spacial score (nSPS) is 13.0. The molecule has 11 heavy (non-hydrogen) atoms. The van der Waals surface area contributed by atoms with Crippen molar-refractivity contribution in [2.75, 3.05) is 7.11 Å². The third-order valence-corrected chi connectivity index (χ3v) is 2.57. The number of thiophene rings is 1. The fourth-order valence-electron chi connectivity index (χ4n) is 0.906. The second kappa shape index (κ2) is 3.74. The van der Waals surface area contributed by atoms with E-state index in [1.165, 1.54) is 11.3 Å². The largest absolute Gasteiger partial charge is 0.495 e. The van der Waals surface area contributed by atoms with Crippen LogP contribution in [-0.2, 0) is 0 Å². The zero-order valence-electron chi connectivity index (χ0n) is 6.70. The molecule has 0 radical (unpaired) electrons. The standard InChI is InChI=1S/C8H12O2S/c1-3-6(9)8-7(10-2)4-5-11-8/h4-6,9H,3H2,1-2H3/t6-/m0/s1. The van der Waals surface area contributed by atoms with E-state index in [-0.39, 0.29) is 6.10 Å². The van der Waals surface area contributed by atoms with E-state index >= 15 is 0 Å². The molecule has 0 saturated carbocycles. The van der Waals surface area contributed by atoms with E-state index < -0.39 is 0 Å². The molecule has 1 aromatic heterocycles. The van der Waals surface area contributed by atoms with Gasteiger partial charge in [-0.25, -0.2) is 0 Å². The zero-order valence-corrected chi connectivity index (χ0v) is 7.52. The van der Waals surface area contributed by atoms with E-state index in [0.717, 1.165) is 17.0 Å². The molecule has 62 valence electrons. The average Bonchev–Trinajstić information content (AvgIpc) is 2.50. The summed E-state index contributed by atoms with van der Waals surface area (Å²) < 4.78 is 5.06. The van der Waals surface area contributed by atoms with Gasteiger partial charge in [-0.1, -0.05) is 6.92 Å². The Hall–Kier alpha value is -0.540. The van der Waals surface area contributed by atoms with Crippen LogP contribution in [0, 0.1) is 0 Å². The Morgan fingerprint density at radius 2 is 2.45 bits per heavy atom. The Morgan fingerprint density at radius 3 is 3.00 bits per heavy atom. The van der Waals surface area contributed by atoms with Gasteiger partial charge in [-0.05, 0) is 17.9 Å². The van der Waals surface area contributed by atoms with E-state index in [0.29, 0.717) is 0 Å². The first kappa shape index (κ1) is 8.56. The van der Waals surface area contributed by atoms with Crippen molar-refractivity contribution >= 4 is 11.3 Å². The van der Waals surface area contributed by atoms with Gasteiger partial charge in [0.2, 0.25) is 0 Å². The van der Waals surface area contributed by atoms with Gasteiger partial charge in [0.1, 0.15) is 5.75 Å².